The minimum atomic E-state index is -0.437. The van der Waals surface area contributed by atoms with E-state index in [4.69, 9.17) is 19.5 Å². The quantitative estimate of drug-likeness (QED) is 0.274. The van der Waals surface area contributed by atoms with Gasteiger partial charge in [-0.1, -0.05) is 39.0 Å². The summed E-state index contributed by atoms with van der Waals surface area (Å²) < 4.78 is 16.2. The number of nitrogens with zero attached hydrogens (tertiary/aromatic N) is 1. The molecule has 0 amide bonds. The maximum atomic E-state index is 12.2. The van der Waals surface area contributed by atoms with Gasteiger partial charge in [0.2, 0.25) is 0 Å². The molecule has 0 fully saturated rings. The van der Waals surface area contributed by atoms with E-state index in [0.29, 0.717) is 23.7 Å². The fourth-order valence-electron chi connectivity index (χ4n) is 2.65. The monoisotopic (exact) mass is 381 g/mol. The van der Waals surface area contributed by atoms with Crippen molar-refractivity contribution in [2.75, 3.05) is 13.2 Å². The SMILES string of the molecule is CCCCCCCCOc1ccc(C(=O)Oc2ccc(OCC#N)cc2)cc1. The second-order valence-electron chi connectivity index (χ2n) is 6.45. The summed E-state index contributed by atoms with van der Waals surface area (Å²) >= 11 is 0. The summed E-state index contributed by atoms with van der Waals surface area (Å²) in [5, 5.41) is 8.49. The summed E-state index contributed by atoms with van der Waals surface area (Å²) in [4.78, 5) is 12.2. The molecule has 2 aromatic carbocycles. The van der Waals surface area contributed by atoms with Crippen LogP contribution in [0.3, 0.4) is 0 Å². The second-order valence-corrected chi connectivity index (χ2v) is 6.45. The molecule has 0 N–H and O–H groups in total. The van der Waals surface area contributed by atoms with Crippen LogP contribution >= 0.6 is 0 Å². The van der Waals surface area contributed by atoms with Gasteiger partial charge in [0, 0.05) is 0 Å². The van der Waals surface area contributed by atoms with Crippen LogP contribution in [0.1, 0.15) is 55.8 Å². The lowest BCUT2D eigenvalue weighted by atomic mass is 10.1. The molecule has 0 aliphatic rings. The largest absolute Gasteiger partial charge is 0.494 e. The Morgan fingerprint density at radius 1 is 0.821 bits per heavy atom. The summed E-state index contributed by atoms with van der Waals surface area (Å²) in [6.45, 7) is 2.88. The molecule has 0 aromatic heterocycles. The zero-order valence-corrected chi connectivity index (χ0v) is 16.4. The lowest BCUT2D eigenvalue weighted by Crippen LogP contribution is -2.08. The average molecular weight is 381 g/mol. The van der Waals surface area contributed by atoms with Gasteiger partial charge < -0.3 is 14.2 Å². The third-order valence-corrected chi connectivity index (χ3v) is 4.19. The smallest absolute Gasteiger partial charge is 0.343 e. The number of ether oxygens (including phenoxy) is 3. The molecule has 5 heteroatoms. The Balaban J connectivity index is 1.74. The van der Waals surface area contributed by atoms with Crippen LogP contribution in [0.4, 0.5) is 0 Å². The van der Waals surface area contributed by atoms with Gasteiger partial charge >= 0.3 is 5.97 Å². The first-order valence-electron chi connectivity index (χ1n) is 9.77. The van der Waals surface area contributed by atoms with E-state index in [0.717, 1.165) is 12.2 Å². The fraction of sp³-hybridized carbons (Fsp3) is 0.391. The molecule has 0 spiro atoms. The van der Waals surface area contributed by atoms with Crippen molar-refractivity contribution < 1.29 is 19.0 Å². The van der Waals surface area contributed by atoms with E-state index in [9.17, 15) is 4.79 Å². The number of carbonyl (C=O) groups excluding carboxylic acids is 1. The highest BCUT2D eigenvalue weighted by atomic mass is 16.5. The van der Waals surface area contributed by atoms with Crippen LogP contribution < -0.4 is 14.2 Å². The third kappa shape index (κ3) is 7.71. The van der Waals surface area contributed by atoms with Gasteiger partial charge in [-0.3, -0.25) is 0 Å². The molecule has 28 heavy (non-hydrogen) atoms. The van der Waals surface area contributed by atoms with Gasteiger partial charge in [-0.15, -0.1) is 0 Å². The van der Waals surface area contributed by atoms with Crippen molar-refractivity contribution >= 4 is 5.97 Å². The number of hydrogen-bond acceptors (Lipinski definition) is 5. The summed E-state index contributed by atoms with van der Waals surface area (Å²) in [5.41, 5.74) is 0.455. The third-order valence-electron chi connectivity index (χ3n) is 4.19. The van der Waals surface area contributed by atoms with Gasteiger partial charge in [0.25, 0.3) is 0 Å². The molecule has 148 valence electrons. The number of unbranched alkanes of at least 4 members (excludes halogenated alkanes) is 5. The number of benzene rings is 2. The number of rotatable bonds is 12. The normalized spacial score (nSPS) is 10.1. The first-order valence-corrected chi connectivity index (χ1v) is 9.77. The average Bonchev–Trinajstić information content (AvgIpc) is 2.73. The summed E-state index contributed by atoms with van der Waals surface area (Å²) in [6, 6.07) is 15.4. The second kappa shape index (κ2) is 12.4. The molecule has 0 radical (unpaired) electrons. The predicted molar refractivity (Wildman–Crippen MR) is 108 cm³/mol. The van der Waals surface area contributed by atoms with Gasteiger partial charge in [0.15, 0.2) is 6.61 Å². The molecule has 5 nitrogen and oxygen atoms in total. The van der Waals surface area contributed by atoms with Crippen molar-refractivity contribution in [1.82, 2.24) is 0 Å². The fourth-order valence-corrected chi connectivity index (χ4v) is 2.65. The number of carbonyl (C=O) groups is 1. The highest BCUT2D eigenvalue weighted by Crippen LogP contribution is 2.20. The zero-order valence-electron chi connectivity index (χ0n) is 16.4. The highest BCUT2D eigenvalue weighted by Gasteiger charge is 2.09. The molecule has 2 rings (SSSR count). The Morgan fingerprint density at radius 2 is 1.39 bits per heavy atom. The molecule has 0 saturated heterocycles. The van der Waals surface area contributed by atoms with Crippen LogP contribution in [-0.4, -0.2) is 19.2 Å². The maximum Gasteiger partial charge on any atom is 0.343 e. The van der Waals surface area contributed by atoms with Crippen molar-refractivity contribution in [2.45, 2.75) is 45.4 Å². The van der Waals surface area contributed by atoms with Gasteiger partial charge in [-0.05, 0) is 55.0 Å². The summed E-state index contributed by atoms with van der Waals surface area (Å²) in [7, 11) is 0. The minimum Gasteiger partial charge on any atom is -0.494 e. The van der Waals surface area contributed by atoms with E-state index in [1.165, 1.54) is 32.1 Å². The lowest BCUT2D eigenvalue weighted by molar-refractivity contribution is 0.0734. The van der Waals surface area contributed by atoms with Crippen molar-refractivity contribution in [2.24, 2.45) is 0 Å². The maximum absolute atomic E-state index is 12.2. The van der Waals surface area contributed by atoms with Crippen LogP contribution in [0.2, 0.25) is 0 Å². The molecule has 0 aliphatic heterocycles. The van der Waals surface area contributed by atoms with Gasteiger partial charge in [-0.2, -0.15) is 5.26 Å². The molecular weight excluding hydrogens is 354 g/mol. The summed E-state index contributed by atoms with van der Waals surface area (Å²) in [6.07, 6.45) is 7.34. The number of esters is 1. The molecular formula is C23H27NO4. The van der Waals surface area contributed by atoms with Crippen LogP contribution in [0.5, 0.6) is 17.2 Å². The van der Waals surface area contributed by atoms with Crippen LogP contribution in [0, 0.1) is 11.3 Å². The van der Waals surface area contributed by atoms with E-state index in [1.807, 2.05) is 6.07 Å². The van der Waals surface area contributed by atoms with Crippen molar-refractivity contribution in [3.63, 3.8) is 0 Å². The van der Waals surface area contributed by atoms with Crippen LogP contribution in [-0.2, 0) is 0 Å². The Labute approximate surface area is 166 Å². The standard InChI is InChI=1S/C23H27NO4/c1-2-3-4-5-6-7-17-26-20-10-8-19(9-11-20)23(25)28-22-14-12-21(13-15-22)27-18-16-24/h8-15H,2-7,17-18H2,1H3. The highest BCUT2D eigenvalue weighted by molar-refractivity contribution is 5.91. The number of hydrogen-bond donors (Lipinski definition) is 0. The van der Waals surface area contributed by atoms with E-state index in [-0.39, 0.29) is 6.61 Å². The Bertz CT molecular complexity index is 748. The zero-order chi connectivity index (χ0) is 20.0. The van der Waals surface area contributed by atoms with E-state index in [1.54, 1.807) is 48.5 Å². The minimum absolute atomic E-state index is 0.0214. The van der Waals surface area contributed by atoms with Crippen molar-refractivity contribution in [3.05, 3.63) is 54.1 Å². The van der Waals surface area contributed by atoms with Crippen molar-refractivity contribution in [1.29, 1.82) is 5.26 Å². The van der Waals surface area contributed by atoms with Gasteiger partial charge in [0.05, 0.1) is 12.2 Å². The van der Waals surface area contributed by atoms with E-state index in [2.05, 4.69) is 6.92 Å². The number of nitriles is 1. The van der Waals surface area contributed by atoms with Crippen LogP contribution in [0.25, 0.3) is 0 Å². The first kappa shape index (κ1) is 21.3. The van der Waals surface area contributed by atoms with Gasteiger partial charge in [-0.25, -0.2) is 4.79 Å². The molecule has 0 unspecified atom stereocenters. The molecule has 0 bridgehead atoms. The topological polar surface area (TPSA) is 68.6 Å². The first-order chi connectivity index (χ1) is 13.7. The van der Waals surface area contributed by atoms with Crippen molar-refractivity contribution in [3.8, 4) is 23.3 Å². The lowest BCUT2D eigenvalue weighted by Gasteiger charge is -2.08. The molecule has 0 atom stereocenters. The molecule has 0 heterocycles. The van der Waals surface area contributed by atoms with Gasteiger partial charge in [0.1, 0.15) is 23.3 Å². The van der Waals surface area contributed by atoms with E-state index < -0.39 is 5.97 Å². The molecule has 0 aliphatic carbocycles. The Hall–Kier alpha value is -3.00. The predicted octanol–water partition coefficient (Wildman–Crippen LogP) is 5.55. The molecule has 0 saturated carbocycles. The summed E-state index contributed by atoms with van der Waals surface area (Å²) in [5.74, 6) is 1.28. The van der Waals surface area contributed by atoms with Crippen LogP contribution in [0.15, 0.2) is 48.5 Å². The Morgan fingerprint density at radius 3 is 2.07 bits per heavy atom. The van der Waals surface area contributed by atoms with E-state index >= 15 is 0 Å². The Kier molecular flexibility index (Phi) is 9.43. The molecule has 2 aromatic rings.